The molecule has 3 aromatic heterocycles. The van der Waals surface area contributed by atoms with Gasteiger partial charge in [0.1, 0.15) is 25.1 Å². The van der Waals surface area contributed by atoms with Crippen LogP contribution >= 0.6 is 22.6 Å². The second-order valence-corrected chi connectivity index (χ2v) is 32.4. The van der Waals surface area contributed by atoms with Crippen molar-refractivity contribution in [2.24, 2.45) is 7.05 Å². The molecule has 0 bridgehead atoms. The number of hydrogen-bond donors (Lipinski definition) is 0. The van der Waals surface area contributed by atoms with E-state index in [0.29, 0.717) is 50.0 Å². The Morgan fingerprint density at radius 3 is 1.67 bits per heavy atom. The molecule has 0 amide bonds. The van der Waals surface area contributed by atoms with Crippen molar-refractivity contribution in [3.05, 3.63) is 69.9 Å². The van der Waals surface area contributed by atoms with Gasteiger partial charge >= 0.3 is 0 Å². The zero-order chi connectivity index (χ0) is 40.7. The first kappa shape index (κ1) is 43.1. The highest BCUT2D eigenvalue weighted by Gasteiger charge is 2.23. The van der Waals surface area contributed by atoms with Crippen LogP contribution in [0.2, 0.25) is 51.4 Å². The molecule has 0 aliphatic carbocycles. The second kappa shape index (κ2) is 16.5. The van der Waals surface area contributed by atoms with Crippen molar-refractivity contribution in [2.75, 3.05) is 25.7 Å². The highest BCUT2D eigenvalue weighted by Crippen LogP contribution is 2.32. The maximum absolute atomic E-state index is 15.2. The molecule has 0 aliphatic heterocycles. The third kappa shape index (κ3) is 10.7. The summed E-state index contributed by atoms with van der Waals surface area (Å²) in [5.41, 5.74) is 3.84. The van der Waals surface area contributed by atoms with Crippen LogP contribution in [0.3, 0.4) is 0 Å². The second-order valence-electron chi connectivity index (χ2n) is 16.2. The van der Waals surface area contributed by atoms with Crippen molar-refractivity contribution in [1.82, 2.24) is 23.7 Å². The van der Waals surface area contributed by atoms with E-state index in [4.69, 9.17) is 9.47 Å². The van der Waals surface area contributed by atoms with Gasteiger partial charge in [0, 0.05) is 83.7 Å². The summed E-state index contributed by atoms with van der Waals surface area (Å²) in [7, 11) is -7.71. The van der Waals surface area contributed by atoms with Gasteiger partial charge in [0.25, 0.3) is 0 Å². The standard InChI is InChI=1S/C23H28FN3O3SSi.C14H20FIN2O3SSi/c1-26-9-8-17-12-16(6-7-21(17)26)18-13-20-22(14-19(18)24)27(23(25-20)31(2,28)29)15-30-10-11-32(3,4)5;1-22(19,20)14-17-12-8-11(16)10(15)7-13(12)18(14)9-21-5-6-23(2,3)4/h6-9,12-14H,10-11,15H2,1-5H3;7-8H,5-6,9H2,1-4H3. The number of aryl methyl sites for hydroxylation is 1. The normalized spacial score (nSPS) is 12.9. The first-order valence-corrected chi connectivity index (χ1v) is 29.9. The van der Waals surface area contributed by atoms with Gasteiger partial charge in [-0.25, -0.2) is 35.6 Å². The molecule has 0 fully saturated rings. The van der Waals surface area contributed by atoms with Gasteiger partial charge in [-0.2, -0.15) is 0 Å². The van der Waals surface area contributed by atoms with Crippen molar-refractivity contribution < 1.29 is 35.1 Å². The van der Waals surface area contributed by atoms with E-state index in [1.807, 2.05) is 64.7 Å². The molecule has 0 N–H and O–H groups in total. The molecular formula is C37H48F2IN5O6S2Si2. The third-order valence-corrected chi connectivity index (χ3v) is 15.0. The van der Waals surface area contributed by atoms with Gasteiger partial charge in [-0.05, 0) is 70.6 Å². The lowest BCUT2D eigenvalue weighted by molar-refractivity contribution is 0.0837. The third-order valence-electron chi connectivity index (χ3n) is 8.85. The monoisotopic (exact) mass is 943 g/mol. The number of ether oxygens (including phenoxy) is 2. The van der Waals surface area contributed by atoms with E-state index in [-0.39, 0.29) is 23.8 Å². The van der Waals surface area contributed by atoms with Gasteiger partial charge < -0.3 is 14.0 Å². The van der Waals surface area contributed by atoms with E-state index < -0.39 is 47.5 Å². The number of benzene rings is 3. The fourth-order valence-corrected chi connectivity index (χ4v) is 9.37. The van der Waals surface area contributed by atoms with Crippen LogP contribution in [-0.2, 0) is 49.7 Å². The van der Waals surface area contributed by atoms with Crippen LogP contribution in [0.15, 0.2) is 65.0 Å². The van der Waals surface area contributed by atoms with Gasteiger partial charge in [0.05, 0.1) is 25.6 Å². The molecule has 6 aromatic rings. The molecule has 18 heteroatoms. The number of fused-ring (bicyclic) bond motifs is 3. The van der Waals surface area contributed by atoms with Crippen molar-refractivity contribution in [1.29, 1.82) is 0 Å². The molecule has 0 spiro atoms. The molecule has 55 heavy (non-hydrogen) atoms. The molecule has 3 heterocycles. The molecule has 0 unspecified atom stereocenters. The quantitative estimate of drug-likeness (QED) is 0.0641. The van der Waals surface area contributed by atoms with E-state index in [1.54, 1.807) is 12.1 Å². The number of aromatic nitrogens is 5. The summed E-state index contributed by atoms with van der Waals surface area (Å²) in [4.78, 5) is 8.48. The summed E-state index contributed by atoms with van der Waals surface area (Å²) < 4.78 is 94.4. The SMILES string of the molecule is C[Si](C)(C)CCOCn1c(S(C)(=O)=O)nc2cc(I)c(F)cc21.Cn1ccc2cc(-c3cc4nc(S(C)(=O)=O)n(COCC[Si](C)(C)C)c4cc3F)ccc21. The largest absolute Gasteiger partial charge is 0.361 e. The highest BCUT2D eigenvalue weighted by atomic mass is 127. The molecule has 6 rings (SSSR count). The Hall–Kier alpha value is -3.02. The van der Waals surface area contributed by atoms with Crippen molar-refractivity contribution in [2.45, 2.75) is 75.1 Å². The first-order valence-electron chi connectivity index (χ1n) is 17.6. The Morgan fingerprint density at radius 2 is 1.18 bits per heavy atom. The molecule has 3 aromatic carbocycles. The van der Waals surface area contributed by atoms with E-state index in [9.17, 15) is 21.2 Å². The Bertz CT molecular complexity index is 2600. The predicted octanol–water partition coefficient (Wildman–Crippen LogP) is 8.55. The van der Waals surface area contributed by atoms with E-state index in [2.05, 4.69) is 49.3 Å². The van der Waals surface area contributed by atoms with Crippen molar-refractivity contribution in [3.63, 3.8) is 0 Å². The van der Waals surface area contributed by atoms with E-state index in [0.717, 1.165) is 35.5 Å². The summed E-state index contributed by atoms with van der Waals surface area (Å²) in [6.07, 6.45) is 4.15. The van der Waals surface area contributed by atoms with Crippen molar-refractivity contribution in [3.8, 4) is 11.1 Å². The lowest BCUT2D eigenvalue weighted by Crippen LogP contribution is -2.22. The van der Waals surface area contributed by atoms with Gasteiger partial charge in [-0.15, -0.1) is 0 Å². The Kier molecular flexibility index (Phi) is 12.9. The number of rotatable bonds is 13. The van der Waals surface area contributed by atoms with Crippen molar-refractivity contribution >= 4 is 91.4 Å². The van der Waals surface area contributed by atoms with Crippen LogP contribution in [0, 0.1) is 15.2 Å². The molecule has 298 valence electrons. The maximum atomic E-state index is 15.2. The van der Waals surface area contributed by atoms with E-state index in [1.165, 1.54) is 21.3 Å². The summed E-state index contributed by atoms with van der Waals surface area (Å²) in [5.74, 6) is -0.836. The van der Waals surface area contributed by atoms with E-state index >= 15 is 4.39 Å². The molecule has 0 atom stereocenters. The Labute approximate surface area is 337 Å². The smallest absolute Gasteiger partial charge is 0.230 e. The molecular weight excluding hydrogens is 896 g/mol. The topological polar surface area (TPSA) is 127 Å². The number of sulfone groups is 2. The Morgan fingerprint density at radius 1 is 0.691 bits per heavy atom. The highest BCUT2D eigenvalue weighted by molar-refractivity contribution is 14.1. The van der Waals surface area contributed by atoms with Gasteiger partial charge in [0.2, 0.25) is 30.0 Å². The first-order chi connectivity index (χ1) is 25.4. The zero-order valence-corrected chi connectivity index (χ0v) is 38.4. The zero-order valence-electron chi connectivity index (χ0n) is 32.6. The number of imidazole rings is 2. The summed E-state index contributed by atoms with van der Waals surface area (Å²) >= 11 is 1.86. The predicted molar refractivity (Wildman–Crippen MR) is 228 cm³/mol. The number of nitrogens with zero attached hydrogens (tertiary/aromatic N) is 5. The summed E-state index contributed by atoms with van der Waals surface area (Å²) in [6, 6.07) is 15.4. The van der Waals surface area contributed by atoms with Crippen LogP contribution < -0.4 is 0 Å². The minimum atomic E-state index is -3.62. The lowest BCUT2D eigenvalue weighted by Gasteiger charge is -2.16. The average molecular weight is 944 g/mol. The minimum absolute atomic E-state index is 0.0120. The van der Waals surface area contributed by atoms with Gasteiger partial charge in [-0.3, -0.25) is 9.13 Å². The maximum Gasteiger partial charge on any atom is 0.230 e. The van der Waals surface area contributed by atoms with Gasteiger partial charge in [0.15, 0.2) is 0 Å². The fourth-order valence-electron chi connectivity index (χ4n) is 5.78. The average Bonchev–Trinajstić information content (AvgIpc) is 3.73. The van der Waals surface area contributed by atoms with Crippen LogP contribution in [0.1, 0.15) is 0 Å². The molecule has 0 radical (unpaired) electrons. The van der Waals surface area contributed by atoms with Crippen LogP contribution in [0.25, 0.3) is 44.1 Å². The number of hydrogen-bond acceptors (Lipinski definition) is 8. The molecule has 0 aliphatic rings. The summed E-state index contributed by atoms with van der Waals surface area (Å²) in [6.45, 7) is 14.6. The molecule has 0 saturated heterocycles. The number of halogens is 3. The van der Waals surface area contributed by atoms with Crippen LogP contribution in [-0.4, -0.2) is 82.4 Å². The van der Waals surface area contributed by atoms with Gasteiger partial charge in [-0.1, -0.05) is 45.3 Å². The molecule has 0 saturated carbocycles. The molecule has 11 nitrogen and oxygen atoms in total. The minimum Gasteiger partial charge on any atom is -0.361 e. The van der Waals surface area contributed by atoms with Crippen LogP contribution in [0.4, 0.5) is 8.78 Å². The summed E-state index contributed by atoms with van der Waals surface area (Å²) in [5, 5.41) is 0.792. The van der Waals surface area contributed by atoms with Crippen LogP contribution in [0.5, 0.6) is 0 Å². The fraction of sp³-hybridized carbons (Fsp3) is 0.405. The lowest BCUT2D eigenvalue weighted by atomic mass is 10.0. The Balaban J connectivity index is 0.000000223.